The Kier molecular flexibility index (Phi) is 26.9. The van der Waals surface area contributed by atoms with E-state index in [9.17, 15) is 65.8 Å². The number of nitrogens with one attached hydrogen (secondary N) is 1. The van der Waals surface area contributed by atoms with Crippen LogP contribution < -0.4 is 140 Å². The molecule has 5 N–H and O–H groups in total. The molecule has 0 spiro atoms. The van der Waals surface area contributed by atoms with Gasteiger partial charge >= 0.3 is 118 Å². The van der Waals surface area contributed by atoms with Crippen molar-refractivity contribution in [1.29, 1.82) is 0 Å². The van der Waals surface area contributed by atoms with E-state index in [-0.39, 0.29) is 152 Å². The van der Waals surface area contributed by atoms with Gasteiger partial charge < -0.3 is 35.7 Å². The van der Waals surface area contributed by atoms with E-state index in [0.717, 1.165) is 24.3 Å². The molecule has 0 aliphatic heterocycles. The van der Waals surface area contributed by atoms with Crippen LogP contribution in [0.3, 0.4) is 0 Å². The van der Waals surface area contributed by atoms with Crippen LogP contribution in [0.1, 0.15) is 10.4 Å². The van der Waals surface area contributed by atoms with Gasteiger partial charge in [-0.05, 0) is 66.7 Å². The van der Waals surface area contributed by atoms with E-state index in [1.807, 2.05) is 0 Å². The molecule has 0 aromatic heterocycles. The summed E-state index contributed by atoms with van der Waals surface area (Å²) in [4.78, 5) is 9.58. The minimum Gasteiger partial charge on any atom is -0.744 e. The fourth-order valence-electron chi connectivity index (χ4n) is 4.59. The number of nitrogen functional groups attached to an aromatic ring is 2. The van der Waals surface area contributed by atoms with Gasteiger partial charge in [-0.15, -0.1) is 19.7 Å². The molecule has 36 heteroatoms. The zero-order valence-electron chi connectivity index (χ0n) is 33.9. The van der Waals surface area contributed by atoms with Crippen molar-refractivity contribution in [3.05, 3.63) is 78.4 Å². The minimum atomic E-state index is -5.47. The summed E-state index contributed by atoms with van der Waals surface area (Å²) >= 11 is 0.00998. The van der Waals surface area contributed by atoms with Crippen molar-refractivity contribution in [2.75, 3.05) is 41.5 Å². The molecular formula is C29H25N7Na4O19S6. The van der Waals surface area contributed by atoms with E-state index < -0.39 is 124 Å². The monoisotopic (exact) mass is 1060 g/mol. The third kappa shape index (κ3) is 19.3. The summed E-state index contributed by atoms with van der Waals surface area (Å²) in [6.45, 7) is -1.52. The Bertz CT molecular complexity index is 2950. The Morgan fingerprint density at radius 1 is 0.646 bits per heavy atom. The van der Waals surface area contributed by atoms with Crippen LogP contribution >= 0.6 is 12.3 Å². The number of nitrogens with two attached hydrogens (primary N) is 2. The largest absolute Gasteiger partial charge is 1.00 e. The van der Waals surface area contributed by atoms with Crippen molar-refractivity contribution >= 4 is 108 Å². The second kappa shape index (κ2) is 27.4. The molecule has 0 atom stereocenters. The second-order valence-electron chi connectivity index (χ2n) is 11.4. The summed E-state index contributed by atoms with van der Waals surface area (Å²) in [5.41, 5.74) is 8.55. The maximum absolute atomic E-state index is 12.9. The molecule has 330 valence electrons. The van der Waals surface area contributed by atoms with Crippen molar-refractivity contribution in [2.45, 2.75) is 19.6 Å². The van der Waals surface area contributed by atoms with Crippen LogP contribution in [-0.2, 0) is 68.0 Å². The quantitative estimate of drug-likeness (QED) is 0.00851. The number of benzene rings is 4. The van der Waals surface area contributed by atoms with Crippen LogP contribution in [0.4, 0.5) is 39.8 Å². The molecule has 4 aromatic carbocycles. The number of amides is 1. The fourth-order valence-corrected chi connectivity index (χ4v) is 8.87. The number of anilines is 3. The van der Waals surface area contributed by atoms with Gasteiger partial charge in [-0.3, -0.25) is 18.2 Å². The van der Waals surface area contributed by atoms with Crippen LogP contribution in [0.15, 0.2) is 113 Å². The average molecular weight is 1060 g/mol. The molecule has 0 heterocycles. The molecule has 0 bridgehead atoms. The van der Waals surface area contributed by atoms with Gasteiger partial charge in [0.15, 0.2) is 32.0 Å². The summed E-state index contributed by atoms with van der Waals surface area (Å²) < 4.78 is 167. The van der Waals surface area contributed by atoms with Crippen molar-refractivity contribution < 1.29 is 202 Å². The maximum atomic E-state index is 12.9. The molecule has 0 saturated carbocycles. The predicted molar refractivity (Wildman–Crippen MR) is 202 cm³/mol. The number of azo groups is 2. The van der Waals surface area contributed by atoms with Gasteiger partial charge in [-0.1, -0.05) is 6.07 Å². The molecule has 26 nitrogen and oxygen atoms in total. The summed E-state index contributed by atoms with van der Waals surface area (Å²) in [7, 11) is -24.5. The molecule has 65 heavy (non-hydrogen) atoms. The Balaban J connectivity index is 0.0000102. The van der Waals surface area contributed by atoms with E-state index in [2.05, 4.69) is 43.5 Å². The molecule has 0 fully saturated rings. The van der Waals surface area contributed by atoms with E-state index in [0.29, 0.717) is 12.1 Å². The number of nitrogens with zero attached hydrogens (tertiary/aromatic N) is 4. The summed E-state index contributed by atoms with van der Waals surface area (Å²) in [6, 6.07) is 12.5. The predicted octanol–water partition coefficient (Wildman–Crippen LogP) is -10.4. The SMILES string of the molecule is Nc1c(N=Nc2ccc(S(=O)(=O)CCOSOO[O-])cc2S(=O)(=O)[O-])cc(S(=O)(=O)[O-])c(N)c1N=Nc1ccc(C(=O)Nc2cccc(S(=O)(=O)CCOS(=O)(=O)[O-])c2)cc1.[Na+].[Na+].[Na+].[Na+]. The van der Waals surface area contributed by atoms with Gasteiger partial charge in [0.1, 0.15) is 37.3 Å². The Hall–Kier alpha value is -1.07. The van der Waals surface area contributed by atoms with Crippen LogP contribution in [0.25, 0.3) is 0 Å². The van der Waals surface area contributed by atoms with Gasteiger partial charge in [0.05, 0.1) is 61.4 Å². The van der Waals surface area contributed by atoms with Crippen molar-refractivity contribution in [1.82, 2.24) is 0 Å². The van der Waals surface area contributed by atoms with Crippen molar-refractivity contribution in [2.24, 2.45) is 20.5 Å². The summed E-state index contributed by atoms with van der Waals surface area (Å²) in [5, 5.41) is 30.2. The first-order chi connectivity index (χ1) is 28.3. The normalized spacial score (nSPS) is 12.1. The molecule has 0 unspecified atom stereocenters. The van der Waals surface area contributed by atoms with E-state index in [1.54, 1.807) is 0 Å². The van der Waals surface area contributed by atoms with Gasteiger partial charge in [0.2, 0.25) is 10.4 Å². The average Bonchev–Trinajstić information content (AvgIpc) is 3.16. The number of sulfone groups is 2. The van der Waals surface area contributed by atoms with Crippen LogP contribution in [0.2, 0.25) is 0 Å². The first-order valence-corrected chi connectivity index (χ1v) is 23.9. The second-order valence-corrected chi connectivity index (χ2v) is 19.9. The van der Waals surface area contributed by atoms with E-state index >= 15 is 0 Å². The van der Waals surface area contributed by atoms with Gasteiger partial charge in [0, 0.05) is 11.3 Å². The first-order valence-electron chi connectivity index (χ1n) is 15.8. The number of carbonyl (C=O) groups excluding carboxylic acids is 1. The number of hydrogen-bond donors (Lipinski definition) is 3. The summed E-state index contributed by atoms with van der Waals surface area (Å²) in [6.07, 6.45) is 0. The smallest absolute Gasteiger partial charge is 0.744 e. The van der Waals surface area contributed by atoms with E-state index in [4.69, 9.17) is 11.5 Å². The summed E-state index contributed by atoms with van der Waals surface area (Å²) in [5.74, 6) is -2.40. The third-order valence-electron chi connectivity index (χ3n) is 7.38. The number of carbonyl (C=O) groups is 1. The standard InChI is InChI=1S/C29H29N7O19S6.4Na/c30-26-23(35-34-22-9-8-21(15-24(22)59(43,44)45)57(39,40)12-10-52-56-55-54-38)16-25(60(46,47)48)27(31)28(26)36-33-18-6-4-17(5-7-18)29(37)32-19-2-1-3-20(14-19)58(41,42)13-11-53-61(49,50)51;;;;/h1-9,14-16,38H,10-13,30-31H2,(H,32,37)(H,43,44,45)(H,46,47,48)(H,49,50,51);;;;/q;4*+1/p-4. The molecule has 0 aliphatic carbocycles. The molecular weight excluding hydrogens is 1030 g/mol. The zero-order valence-corrected chi connectivity index (χ0v) is 46.8. The van der Waals surface area contributed by atoms with Crippen LogP contribution in [-0.4, -0.2) is 86.4 Å². The van der Waals surface area contributed by atoms with Crippen molar-refractivity contribution in [3.63, 3.8) is 0 Å². The zero-order chi connectivity index (χ0) is 45.4. The maximum Gasteiger partial charge on any atom is 1.00 e. The van der Waals surface area contributed by atoms with Gasteiger partial charge in [-0.2, -0.15) is 5.11 Å². The van der Waals surface area contributed by atoms with E-state index in [1.165, 1.54) is 36.4 Å². The molecule has 0 aliphatic rings. The Labute approximate surface area is 463 Å². The fraction of sp³-hybridized carbons (Fsp3) is 0.138. The topological polar surface area (TPSA) is 430 Å². The molecule has 0 radical (unpaired) electrons. The first kappa shape index (κ1) is 63.9. The van der Waals surface area contributed by atoms with Crippen molar-refractivity contribution in [3.8, 4) is 0 Å². The van der Waals surface area contributed by atoms with Crippen LogP contribution in [0.5, 0.6) is 0 Å². The Morgan fingerprint density at radius 3 is 1.78 bits per heavy atom. The number of hydrogen-bond acceptors (Lipinski definition) is 26. The molecule has 4 aromatic rings. The third-order valence-corrected chi connectivity index (χ3v) is 13.3. The number of rotatable bonds is 20. The Morgan fingerprint density at radius 2 is 1.22 bits per heavy atom. The molecule has 1 amide bonds. The molecule has 0 saturated heterocycles. The van der Waals surface area contributed by atoms with Gasteiger partial charge in [-0.25, -0.2) is 42.1 Å². The van der Waals surface area contributed by atoms with Crippen LogP contribution in [0, 0.1) is 0 Å². The molecule has 4 rings (SSSR count). The minimum absolute atomic E-state index is 0. The van der Waals surface area contributed by atoms with Gasteiger partial charge in [0.25, 0.3) is 5.91 Å².